The molecule has 3 nitrogen and oxygen atoms in total. The Kier molecular flexibility index (Phi) is 4.69. The van der Waals surface area contributed by atoms with Gasteiger partial charge in [-0.25, -0.2) is 0 Å². The molecule has 0 aromatic rings. The predicted molar refractivity (Wildman–Crippen MR) is 79.0 cm³/mol. The minimum atomic E-state index is -0.513. The Bertz CT molecular complexity index is 424. The Morgan fingerprint density at radius 1 is 1.50 bits per heavy atom. The first-order valence-electron chi connectivity index (χ1n) is 7.72. The molecule has 2 aliphatic carbocycles. The van der Waals surface area contributed by atoms with Gasteiger partial charge in [-0.05, 0) is 23.8 Å². The van der Waals surface area contributed by atoms with E-state index >= 15 is 0 Å². The Balaban J connectivity index is 2.19. The van der Waals surface area contributed by atoms with Gasteiger partial charge in [-0.2, -0.15) is 0 Å². The molecule has 2 unspecified atom stereocenters. The van der Waals surface area contributed by atoms with Crippen LogP contribution in [0.5, 0.6) is 0 Å². The van der Waals surface area contributed by atoms with Gasteiger partial charge in [-0.1, -0.05) is 45.9 Å². The molecule has 0 aromatic carbocycles. The second-order valence-electron chi connectivity index (χ2n) is 6.36. The lowest BCUT2D eigenvalue weighted by atomic mass is 9.69. The number of carbonyl (C=O) groups is 1. The lowest BCUT2D eigenvalue weighted by Gasteiger charge is -2.41. The largest absolute Gasteiger partial charge is 0.461 e. The van der Waals surface area contributed by atoms with Crippen LogP contribution in [0.25, 0.3) is 0 Å². The van der Waals surface area contributed by atoms with Gasteiger partial charge in [0, 0.05) is 12.3 Å². The number of aliphatic hydroxyl groups is 1. The molecule has 112 valence electrons. The standard InChI is InChI=1S/C17H26O3/c1-5-10(2)17(19)20-15-9-14(18)8-13-7-6-11(3)12(4)16(13)15/h6-8,10-12,14-16,18H,5,9H2,1-4H3/t10-,11+,12?,14+,15-,16?/m0/s1. The highest BCUT2D eigenvalue weighted by Gasteiger charge is 2.40. The average molecular weight is 278 g/mol. The molecule has 20 heavy (non-hydrogen) atoms. The van der Waals surface area contributed by atoms with Gasteiger partial charge in [0.1, 0.15) is 6.10 Å². The molecular weight excluding hydrogens is 252 g/mol. The second kappa shape index (κ2) is 6.13. The van der Waals surface area contributed by atoms with Crippen molar-refractivity contribution in [1.82, 2.24) is 0 Å². The number of fused-ring (bicyclic) bond motifs is 1. The Hall–Kier alpha value is -1.09. The lowest BCUT2D eigenvalue weighted by Crippen LogP contribution is -2.41. The summed E-state index contributed by atoms with van der Waals surface area (Å²) < 4.78 is 5.73. The van der Waals surface area contributed by atoms with Crippen LogP contribution in [-0.4, -0.2) is 23.3 Å². The first-order chi connectivity index (χ1) is 9.43. The predicted octanol–water partition coefficient (Wildman–Crippen LogP) is 3.09. The maximum Gasteiger partial charge on any atom is 0.308 e. The third-order valence-corrected chi connectivity index (χ3v) is 4.91. The minimum Gasteiger partial charge on any atom is -0.461 e. The van der Waals surface area contributed by atoms with Crippen LogP contribution in [0, 0.1) is 23.7 Å². The van der Waals surface area contributed by atoms with E-state index < -0.39 is 6.10 Å². The summed E-state index contributed by atoms with van der Waals surface area (Å²) in [5, 5.41) is 9.98. The van der Waals surface area contributed by atoms with E-state index in [9.17, 15) is 9.90 Å². The Labute approximate surface area is 121 Å². The number of hydrogen-bond acceptors (Lipinski definition) is 3. The SMILES string of the molecule is CC[C@H](C)C(=O)O[C@H]1C[C@H](O)C=C2C=C[C@@H](C)C(C)C21. The molecule has 0 aromatic heterocycles. The molecular formula is C17H26O3. The van der Waals surface area contributed by atoms with Gasteiger partial charge in [0.05, 0.1) is 12.0 Å². The quantitative estimate of drug-likeness (QED) is 0.807. The van der Waals surface area contributed by atoms with E-state index in [0.717, 1.165) is 12.0 Å². The molecule has 0 aliphatic heterocycles. The fourth-order valence-electron chi connectivity index (χ4n) is 3.13. The van der Waals surface area contributed by atoms with Crippen LogP contribution in [0.1, 0.15) is 40.5 Å². The van der Waals surface area contributed by atoms with Crippen molar-refractivity contribution in [2.24, 2.45) is 23.7 Å². The van der Waals surface area contributed by atoms with Gasteiger partial charge >= 0.3 is 5.97 Å². The Morgan fingerprint density at radius 2 is 2.20 bits per heavy atom. The first kappa shape index (κ1) is 15.3. The number of allylic oxidation sites excluding steroid dienone is 2. The molecule has 0 saturated heterocycles. The highest BCUT2D eigenvalue weighted by atomic mass is 16.5. The molecule has 0 saturated carbocycles. The number of ether oxygens (including phenoxy) is 1. The molecule has 3 heteroatoms. The van der Waals surface area contributed by atoms with Crippen molar-refractivity contribution in [1.29, 1.82) is 0 Å². The van der Waals surface area contributed by atoms with Gasteiger partial charge in [0.15, 0.2) is 0 Å². The van der Waals surface area contributed by atoms with E-state index in [1.807, 2.05) is 19.9 Å². The number of esters is 1. The van der Waals surface area contributed by atoms with Crippen LogP contribution < -0.4 is 0 Å². The van der Waals surface area contributed by atoms with Crippen LogP contribution in [0.2, 0.25) is 0 Å². The van der Waals surface area contributed by atoms with Crippen LogP contribution in [0.15, 0.2) is 23.8 Å². The first-order valence-corrected chi connectivity index (χ1v) is 7.72. The van der Waals surface area contributed by atoms with Gasteiger partial charge in [0.25, 0.3) is 0 Å². The minimum absolute atomic E-state index is 0.0756. The maximum atomic E-state index is 12.1. The number of rotatable bonds is 3. The van der Waals surface area contributed by atoms with E-state index in [1.54, 1.807) is 0 Å². The topological polar surface area (TPSA) is 46.5 Å². The van der Waals surface area contributed by atoms with Crippen molar-refractivity contribution in [2.45, 2.75) is 52.7 Å². The number of carbonyl (C=O) groups excluding carboxylic acids is 1. The molecule has 0 heterocycles. The monoisotopic (exact) mass is 278 g/mol. The molecule has 0 amide bonds. The Morgan fingerprint density at radius 3 is 2.85 bits per heavy atom. The molecule has 2 aliphatic rings. The highest BCUT2D eigenvalue weighted by Crippen LogP contribution is 2.41. The summed E-state index contributed by atoms with van der Waals surface area (Å²) in [5.74, 6) is 0.894. The molecule has 2 rings (SSSR count). The zero-order chi connectivity index (χ0) is 14.9. The molecule has 0 fully saturated rings. The highest BCUT2D eigenvalue weighted by molar-refractivity contribution is 5.72. The van der Waals surface area contributed by atoms with Gasteiger partial charge in [-0.15, -0.1) is 0 Å². The van der Waals surface area contributed by atoms with Gasteiger partial charge in [0.2, 0.25) is 0 Å². The molecule has 1 N–H and O–H groups in total. The zero-order valence-corrected chi connectivity index (χ0v) is 12.9. The van der Waals surface area contributed by atoms with Crippen molar-refractivity contribution < 1.29 is 14.6 Å². The maximum absolute atomic E-state index is 12.1. The fourth-order valence-corrected chi connectivity index (χ4v) is 3.13. The van der Waals surface area contributed by atoms with Crippen molar-refractivity contribution in [3.8, 4) is 0 Å². The van der Waals surface area contributed by atoms with Gasteiger partial charge in [-0.3, -0.25) is 4.79 Å². The number of hydrogen-bond donors (Lipinski definition) is 1. The zero-order valence-electron chi connectivity index (χ0n) is 12.9. The summed E-state index contributed by atoms with van der Waals surface area (Å²) >= 11 is 0. The summed E-state index contributed by atoms with van der Waals surface area (Å²) in [6.07, 6.45) is 6.77. The summed E-state index contributed by atoms with van der Waals surface area (Å²) in [6.45, 7) is 8.27. The van der Waals surface area contributed by atoms with E-state index in [1.165, 1.54) is 0 Å². The van der Waals surface area contributed by atoms with Crippen LogP contribution >= 0.6 is 0 Å². The van der Waals surface area contributed by atoms with E-state index in [0.29, 0.717) is 18.3 Å². The second-order valence-corrected chi connectivity index (χ2v) is 6.36. The average Bonchev–Trinajstić information content (AvgIpc) is 2.41. The molecule has 0 radical (unpaired) electrons. The summed E-state index contributed by atoms with van der Waals surface area (Å²) in [4.78, 5) is 12.1. The fraction of sp³-hybridized carbons (Fsp3) is 0.706. The van der Waals surface area contributed by atoms with Crippen molar-refractivity contribution in [3.05, 3.63) is 23.8 Å². The van der Waals surface area contributed by atoms with Crippen molar-refractivity contribution in [3.63, 3.8) is 0 Å². The van der Waals surface area contributed by atoms with E-state index in [4.69, 9.17) is 4.74 Å². The number of aliphatic hydroxyl groups excluding tert-OH is 1. The molecule has 0 spiro atoms. The van der Waals surface area contributed by atoms with Crippen LogP contribution in [-0.2, 0) is 9.53 Å². The summed E-state index contributed by atoms with van der Waals surface area (Å²) in [6, 6.07) is 0. The smallest absolute Gasteiger partial charge is 0.308 e. The molecule has 6 atom stereocenters. The van der Waals surface area contributed by atoms with Crippen molar-refractivity contribution in [2.75, 3.05) is 0 Å². The molecule has 0 bridgehead atoms. The van der Waals surface area contributed by atoms with Crippen LogP contribution in [0.4, 0.5) is 0 Å². The van der Waals surface area contributed by atoms with E-state index in [2.05, 4.69) is 26.0 Å². The van der Waals surface area contributed by atoms with Crippen LogP contribution in [0.3, 0.4) is 0 Å². The summed E-state index contributed by atoms with van der Waals surface area (Å²) in [5.41, 5.74) is 1.12. The van der Waals surface area contributed by atoms with E-state index in [-0.39, 0.29) is 23.9 Å². The third-order valence-electron chi connectivity index (χ3n) is 4.91. The summed E-state index contributed by atoms with van der Waals surface area (Å²) in [7, 11) is 0. The van der Waals surface area contributed by atoms with Gasteiger partial charge < -0.3 is 9.84 Å². The lowest BCUT2D eigenvalue weighted by molar-refractivity contribution is -0.158. The normalized spacial score (nSPS) is 37.9. The third kappa shape index (κ3) is 2.98. The van der Waals surface area contributed by atoms with Crippen molar-refractivity contribution >= 4 is 5.97 Å².